The normalized spacial score (nSPS) is 17.8. The molecule has 0 bridgehead atoms. The van der Waals surface area contributed by atoms with Gasteiger partial charge in [-0.25, -0.2) is 0 Å². The van der Waals surface area contributed by atoms with Crippen LogP contribution in [0.2, 0.25) is 0 Å². The molecule has 13 heavy (non-hydrogen) atoms. The lowest BCUT2D eigenvalue weighted by molar-refractivity contribution is 0.503. The van der Waals surface area contributed by atoms with E-state index in [4.69, 9.17) is 5.73 Å². The summed E-state index contributed by atoms with van der Waals surface area (Å²) < 4.78 is 1.78. The molecule has 0 spiro atoms. The predicted octanol–water partition coefficient (Wildman–Crippen LogP) is 1.55. The van der Waals surface area contributed by atoms with Crippen LogP contribution in [0.15, 0.2) is 23.1 Å². The van der Waals surface area contributed by atoms with Gasteiger partial charge in [0.25, 0.3) is 5.56 Å². The van der Waals surface area contributed by atoms with Crippen molar-refractivity contribution in [1.82, 2.24) is 4.57 Å². The molecular weight excluding hydrogens is 164 g/mol. The lowest BCUT2D eigenvalue weighted by Crippen LogP contribution is -2.24. The Labute approximate surface area is 77.2 Å². The largest absolute Gasteiger partial charge is 0.394 e. The Bertz CT molecular complexity index is 350. The molecule has 2 rings (SSSR count). The summed E-state index contributed by atoms with van der Waals surface area (Å²) in [4.78, 5) is 11.6. The molecule has 2 N–H and O–H groups in total. The van der Waals surface area contributed by atoms with Gasteiger partial charge in [0.2, 0.25) is 0 Å². The molecule has 1 aromatic rings. The maximum absolute atomic E-state index is 11.6. The monoisotopic (exact) mass is 178 g/mol. The van der Waals surface area contributed by atoms with Gasteiger partial charge in [-0.2, -0.15) is 0 Å². The molecule has 1 saturated carbocycles. The van der Waals surface area contributed by atoms with E-state index in [0.717, 1.165) is 12.8 Å². The Hall–Kier alpha value is -1.25. The third-order valence-corrected chi connectivity index (χ3v) is 2.72. The molecule has 0 unspecified atom stereocenters. The van der Waals surface area contributed by atoms with Gasteiger partial charge in [-0.3, -0.25) is 4.79 Å². The quantitative estimate of drug-likeness (QED) is 0.709. The van der Waals surface area contributed by atoms with Crippen molar-refractivity contribution >= 4 is 5.69 Å². The van der Waals surface area contributed by atoms with Gasteiger partial charge in [0, 0.05) is 12.2 Å². The van der Waals surface area contributed by atoms with Crippen molar-refractivity contribution in [3.63, 3.8) is 0 Å². The zero-order valence-electron chi connectivity index (χ0n) is 7.57. The van der Waals surface area contributed by atoms with E-state index in [9.17, 15) is 4.79 Å². The van der Waals surface area contributed by atoms with Crippen molar-refractivity contribution in [3.05, 3.63) is 28.7 Å². The van der Waals surface area contributed by atoms with Crippen LogP contribution in [0.25, 0.3) is 0 Å². The van der Waals surface area contributed by atoms with Gasteiger partial charge < -0.3 is 10.3 Å². The third-order valence-electron chi connectivity index (χ3n) is 2.72. The summed E-state index contributed by atoms with van der Waals surface area (Å²) in [6.45, 7) is 0. The Morgan fingerprint density at radius 1 is 1.38 bits per heavy atom. The zero-order valence-corrected chi connectivity index (χ0v) is 7.57. The van der Waals surface area contributed by atoms with Crippen LogP contribution < -0.4 is 11.3 Å². The van der Waals surface area contributed by atoms with Gasteiger partial charge in [0.1, 0.15) is 0 Å². The van der Waals surface area contributed by atoms with Crippen molar-refractivity contribution in [1.29, 1.82) is 0 Å². The fourth-order valence-electron chi connectivity index (χ4n) is 2.00. The minimum atomic E-state index is -0.0330. The first kappa shape index (κ1) is 8.35. The lowest BCUT2D eigenvalue weighted by atomic mass is 10.2. The van der Waals surface area contributed by atoms with Gasteiger partial charge in [-0.1, -0.05) is 12.8 Å². The van der Waals surface area contributed by atoms with E-state index in [0.29, 0.717) is 11.7 Å². The number of hydrogen-bond acceptors (Lipinski definition) is 2. The molecule has 1 aliphatic rings. The van der Waals surface area contributed by atoms with Crippen LogP contribution in [0, 0.1) is 0 Å². The van der Waals surface area contributed by atoms with E-state index in [-0.39, 0.29) is 5.56 Å². The molecule has 0 aliphatic heterocycles. The van der Waals surface area contributed by atoms with E-state index in [1.807, 2.05) is 12.3 Å². The number of pyridine rings is 1. The van der Waals surface area contributed by atoms with E-state index < -0.39 is 0 Å². The number of nitrogens with two attached hydrogens (primary N) is 1. The van der Waals surface area contributed by atoms with Crippen molar-refractivity contribution in [3.8, 4) is 0 Å². The smallest absolute Gasteiger partial charge is 0.273 e. The SMILES string of the molecule is Nc1cccn(C2CCCC2)c1=O. The van der Waals surface area contributed by atoms with Gasteiger partial charge >= 0.3 is 0 Å². The Morgan fingerprint density at radius 3 is 2.77 bits per heavy atom. The lowest BCUT2D eigenvalue weighted by Gasteiger charge is -2.12. The molecule has 1 aliphatic carbocycles. The second-order valence-corrected chi connectivity index (χ2v) is 3.61. The zero-order chi connectivity index (χ0) is 9.26. The second-order valence-electron chi connectivity index (χ2n) is 3.61. The van der Waals surface area contributed by atoms with Gasteiger partial charge in [-0.15, -0.1) is 0 Å². The highest BCUT2D eigenvalue weighted by Gasteiger charge is 2.17. The fraction of sp³-hybridized carbons (Fsp3) is 0.500. The minimum absolute atomic E-state index is 0.0330. The molecule has 0 saturated heterocycles. The molecule has 0 aromatic carbocycles. The summed E-state index contributed by atoms with van der Waals surface area (Å²) in [7, 11) is 0. The fourth-order valence-corrected chi connectivity index (χ4v) is 2.00. The van der Waals surface area contributed by atoms with Crippen LogP contribution in [0.3, 0.4) is 0 Å². The van der Waals surface area contributed by atoms with E-state index in [1.54, 1.807) is 10.6 Å². The van der Waals surface area contributed by atoms with Gasteiger partial charge in [-0.05, 0) is 25.0 Å². The molecule has 3 nitrogen and oxygen atoms in total. The number of rotatable bonds is 1. The number of nitrogens with zero attached hydrogens (tertiary/aromatic N) is 1. The maximum atomic E-state index is 11.6. The van der Waals surface area contributed by atoms with Crippen LogP contribution in [0.5, 0.6) is 0 Å². The summed E-state index contributed by atoms with van der Waals surface area (Å²) in [5, 5.41) is 0. The molecule has 0 radical (unpaired) electrons. The highest BCUT2D eigenvalue weighted by Crippen LogP contribution is 2.27. The van der Waals surface area contributed by atoms with Crippen molar-refractivity contribution < 1.29 is 0 Å². The van der Waals surface area contributed by atoms with Gasteiger partial charge in [0.05, 0.1) is 5.69 Å². The highest BCUT2D eigenvalue weighted by molar-refractivity contribution is 5.33. The Kier molecular flexibility index (Phi) is 2.08. The minimum Gasteiger partial charge on any atom is -0.394 e. The average molecular weight is 178 g/mol. The summed E-state index contributed by atoms with van der Waals surface area (Å²) in [6, 6.07) is 3.89. The van der Waals surface area contributed by atoms with Crippen molar-refractivity contribution in [2.45, 2.75) is 31.7 Å². The van der Waals surface area contributed by atoms with E-state index in [1.165, 1.54) is 12.8 Å². The first-order valence-electron chi connectivity index (χ1n) is 4.75. The number of anilines is 1. The van der Waals surface area contributed by atoms with Crippen molar-refractivity contribution in [2.75, 3.05) is 5.73 Å². The molecule has 1 fully saturated rings. The molecular formula is C10H14N2O. The number of hydrogen-bond donors (Lipinski definition) is 1. The van der Waals surface area contributed by atoms with Gasteiger partial charge in [0.15, 0.2) is 0 Å². The summed E-state index contributed by atoms with van der Waals surface area (Å²) >= 11 is 0. The molecule has 1 aromatic heterocycles. The first-order valence-corrected chi connectivity index (χ1v) is 4.75. The Balaban J connectivity index is 2.39. The predicted molar refractivity (Wildman–Crippen MR) is 52.6 cm³/mol. The molecule has 70 valence electrons. The average Bonchev–Trinajstić information content (AvgIpc) is 2.62. The topological polar surface area (TPSA) is 48.0 Å². The maximum Gasteiger partial charge on any atom is 0.273 e. The van der Waals surface area contributed by atoms with E-state index in [2.05, 4.69) is 0 Å². The second kappa shape index (κ2) is 3.24. The molecule has 0 atom stereocenters. The van der Waals surface area contributed by atoms with Crippen molar-refractivity contribution in [2.24, 2.45) is 0 Å². The van der Waals surface area contributed by atoms with Crippen LogP contribution >= 0.6 is 0 Å². The first-order chi connectivity index (χ1) is 6.29. The summed E-state index contributed by atoms with van der Waals surface area (Å²) in [6.07, 6.45) is 6.53. The summed E-state index contributed by atoms with van der Waals surface area (Å²) in [5.41, 5.74) is 5.88. The van der Waals surface area contributed by atoms with E-state index >= 15 is 0 Å². The molecule has 1 heterocycles. The third kappa shape index (κ3) is 1.46. The Morgan fingerprint density at radius 2 is 2.08 bits per heavy atom. The highest BCUT2D eigenvalue weighted by atomic mass is 16.1. The number of nitrogen functional groups attached to an aromatic ring is 1. The summed E-state index contributed by atoms with van der Waals surface area (Å²) in [5.74, 6) is 0. The number of aromatic nitrogens is 1. The molecule has 3 heteroatoms. The standard InChI is InChI=1S/C10H14N2O/c11-9-6-3-7-12(10(9)13)8-4-1-2-5-8/h3,6-8H,1-2,4-5,11H2. The van der Waals surface area contributed by atoms with Crippen LogP contribution in [0.1, 0.15) is 31.7 Å². The van der Waals surface area contributed by atoms with Crippen LogP contribution in [-0.4, -0.2) is 4.57 Å². The van der Waals surface area contributed by atoms with Crippen LogP contribution in [-0.2, 0) is 0 Å². The molecule has 0 amide bonds. The van der Waals surface area contributed by atoms with Crippen LogP contribution in [0.4, 0.5) is 5.69 Å².